The molecule has 6 nitrogen and oxygen atoms in total. The third-order valence-corrected chi connectivity index (χ3v) is 4.50. The van der Waals surface area contributed by atoms with Crippen LogP contribution in [0.1, 0.15) is 0 Å². The molecule has 2 aromatic heterocycles. The number of pyridine rings is 1. The summed E-state index contributed by atoms with van der Waals surface area (Å²) < 4.78 is 31.2. The van der Waals surface area contributed by atoms with Crippen LogP contribution in [0.4, 0.5) is 4.39 Å². The number of fused-ring (bicyclic) bond motifs is 1. The van der Waals surface area contributed by atoms with E-state index in [-0.39, 0.29) is 12.6 Å². The number of hydrogen-bond acceptors (Lipinski definition) is 5. The standard InChI is InChI=1S/C21H13FN2O4/c22-15-3-1-13(2-4-15)19-20(14-7-9-23-10-8-14)24(28-21(19)25)16-5-6-17-18(11-16)27-12-26-17/h1-11H,12H2. The molecule has 4 aromatic rings. The van der Waals surface area contributed by atoms with E-state index in [4.69, 9.17) is 14.0 Å². The van der Waals surface area contributed by atoms with Crippen molar-refractivity contribution >= 4 is 0 Å². The van der Waals surface area contributed by atoms with E-state index in [1.165, 1.54) is 16.9 Å². The predicted molar refractivity (Wildman–Crippen MR) is 99.1 cm³/mol. The fourth-order valence-corrected chi connectivity index (χ4v) is 3.21. The molecule has 0 radical (unpaired) electrons. The van der Waals surface area contributed by atoms with Crippen LogP contribution in [0, 0.1) is 5.82 Å². The van der Waals surface area contributed by atoms with Gasteiger partial charge in [0.05, 0.1) is 11.3 Å². The molecule has 0 N–H and O–H groups in total. The molecule has 0 atom stereocenters. The Morgan fingerprint density at radius 2 is 1.64 bits per heavy atom. The van der Waals surface area contributed by atoms with Gasteiger partial charge < -0.3 is 14.0 Å². The maximum atomic E-state index is 13.4. The van der Waals surface area contributed by atoms with Crippen molar-refractivity contribution in [3.05, 3.63) is 83.2 Å². The first kappa shape index (κ1) is 16.3. The molecule has 0 bridgehead atoms. The number of hydrogen-bond donors (Lipinski definition) is 0. The lowest BCUT2D eigenvalue weighted by atomic mass is 10.0. The second-order valence-electron chi connectivity index (χ2n) is 6.18. The van der Waals surface area contributed by atoms with E-state index < -0.39 is 5.63 Å². The molecule has 1 aliphatic heterocycles. The fraction of sp³-hybridized carbons (Fsp3) is 0.0476. The van der Waals surface area contributed by atoms with E-state index in [9.17, 15) is 9.18 Å². The van der Waals surface area contributed by atoms with E-state index in [1.807, 2.05) is 0 Å². The van der Waals surface area contributed by atoms with E-state index in [0.717, 1.165) is 5.56 Å². The summed E-state index contributed by atoms with van der Waals surface area (Å²) in [6.45, 7) is 0.145. The number of aromatic nitrogens is 2. The summed E-state index contributed by atoms with van der Waals surface area (Å²) in [4.78, 5) is 16.8. The van der Waals surface area contributed by atoms with Crippen LogP contribution in [0.3, 0.4) is 0 Å². The van der Waals surface area contributed by atoms with E-state index in [0.29, 0.717) is 34.0 Å². The quantitative estimate of drug-likeness (QED) is 0.540. The lowest BCUT2D eigenvalue weighted by Crippen LogP contribution is -1.97. The molecule has 0 saturated heterocycles. The zero-order valence-corrected chi connectivity index (χ0v) is 14.5. The summed E-state index contributed by atoms with van der Waals surface area (Å²) in [5.41, 5.74) is 2.23. The largest absolute Gasteiger partial charge is 0.454 e. The van der Waals surface area contributed by atoms with Crippen LogP contribution in [0.15, 0.2) is 76.3 Å². The third kappa shape index (κ3) is 2.64. The molecule has 0 unspecified atom stereocenters. The summed E-state index contributed by atoms with van der Waals surface area (Å²) in [5.74, 6) is 0.814. The highest BCUT2D eigenvalue weighted by Crippen LogP contribution is 2.37. The van der Waals surface area contributed by atoms with Crippen molar-refractivity contribution in [2.45, 2.75) is 0 Å². The molecule has 0 fully saturated rings. The molecule has 0 saturated carbocycles. The van der Waals surface area contributed by atoms with Crippen LogP contribution in [0.25, 0.3) is 28.1 Å². The zero-order chi connectivity index (χ0) is 19.1. The van der Waals surface area contributed by atoms with Crippen LogP contribution in [-0.4, -0.2) is 16.5 Å². The molecular formula is C21H13FN2O4. The summed E-state index contributed by atoms with van der Waals surface area (Å²) in [6, 6.07) is 14.5. The Morgan fingerprint density at radius 3 is 2.43 bits per heavy atom. The molecule has 2 aromatic carbocycles. The number of benzene rings is 2. The van der Waals surface area contributed by atoms with Crippen molar-refractivity contribution in [3.63, 3.8) is 0 Å². The monoisotopic (exact) mass is 376 g/mol. The molecule has 0 amide bonds. The molecule has 138 valence electrons. The van der Waals surface area contributed by atoms with Crippen molar-refractivity contribution in [1.29, 1.82) is 0 Å². The zero-order valence-electron chi connectivity index (χ0n) is 14.5. The molecule has 0 aliphatic carbocycles. The maximum Gasteiger partial charge on any atom is 0.366 e. The van der Waals surface area contributed by atoms with Crippen LogP contribution >= 0.6 is 0 Å². The number of ether oxygens (including phenoxy) is 2. The van der Waals surface area contributed by atoms with Crippen molar-refractivity contribution in [3.8, 4) is 39.6 Å². The van der Waals surface area contributed by atoms with Gasteiger partial charge in [-0.2, -0.15) is 4.74 Å². The Kier molecular flexibility index (Phi) is 3.72. The van der Waals surface area contributed by atoms with Crippen molar-refractivity contribution in [2.24, 2.45) is 0 Å². The normalized spacial score (nSPS) is 12.3. The van der Waals surface area contributed by atoms with Gasteiger partial charge in [-0.15, -0.1) is 0 Å². The van der Waals surface area contributed by atoms with E-state index in [1.54, 1.807) is 54.9 Å². The lowest BCUT2D eigenvalue weighted by Gasteiger charge is -2.09. The van der Waals surface area contributed by atoms with Crippen LogP contribution in [0.5, 0.6) is 11.5 Å². The van der Waals surface area contributed by atoms with Crippen molar-refractivity contribution in [1.82, 2.24) is 9.72 Å². The average Bonchev–Trinajstić information content (AvgIpc) is 3.33. The van der Waals surface area contributed by atoms with Gasteiger partial charge in [-0.25, -0.2) is 9.18 Å². The highest BCUT2D eigenvalue weighted by atomic mass is 19.1. The summed E-state index contributed by atoms with van der Waals surface area (Å²) in [7, 11) is 0. The summed E-state index contributed by atoms with van der Waals surface area (Å²) >= 11 is 0. The first-order valence-electron chi connectivity index (χ1n) is 8.53. The average molecular weight is 376 g/mol. The van der Waals surface area contributed by atoms with Gasteiger partial charge in [0.25, 0.3) is 0 Å². The van der Waals surface area contributed by atoms with Gasteiger partial charge in [-0.3, -0.25) is 4.98 Å². The smallest absolute Gasteiger partial charge is 0.366 e. The van der Waals surface area contributed by atoms with Gasteiger partial charge in [-0.1, -0.05) is 12.1 Å². The van der Waals surface area contributed by atoms with Crippen LogP contribution < -0.4 is 15.1 Å². The van der Waals surface area contributed by atoms with E-state index >= 15 is 0 Å². The van der Waals surface area contributed by atoms with Gasteiger partial charge in [0, 0.05) is 24.0 Å². The van der Waals surface area contributed by atoms with Gasteiger partial charge in [-0.05, 0) is 42.0 Å². The van der Waals surface area contributed by atoms with Gasteiger partial charge in [0.15, 0.2) is 11.5 Å². The summed E-state index contributed by atoms with van der Waals surface area (Å²) in [5, 5.41) is 0. The Bertz CT molecular complexity index is 1210. The molecule has 7 heteroatoms. The van der Waals surface area contributed by atoms with Crippen molar-refractivity contribution in [2.75, 3.05) is 6.79 Å². The highest BCUT2D eigenvalue weighted by Gasteiger charge is 2.23. The predicted octanol–water partition coefficient (Wildman–Crippen LogP) is 4.03. The number of nitrogens with zero attached hydrogens (tertiary/aromatic N) is 2. The lowest BCUT2D eigenvalue weighted by molar-refractivity contribution is 0.174. The van der Waals surface area contributed by atoms with Crippen LogP contribution in [0.2, 0.25) is 0 Å². The van der Waals surface area contributed by atoms with E-state index in [2.05, 4.69) is 4.98 Å². The Balaban J connectivity index is 1.77. The van der Waals surface area contributed by atoms with Gasteiger partial charge in [0.2, 0.25) is 6.79 Å². The second kappa shape index (κ2) is 6.38. The molecule has 1 aliphatic rings. The number of halogens is 1. The minimum absolute atomic E-state index is 0.145. The Morgan fingerprint density at radius 1 is 0.893 bits per heavy atom. The molecule has 5 rings (SSSR count). The minimum Gasteiger partial charge on any atom is -0.454 e. The van der Waals surface area contributed by atoms with Crippen molar-refractivity contribution < 1.29 is 18.4 Å². The third-order valence-electron chi connectivity index (χ3n) is 4.50. The Hall–Kier alpha value is -3.87. The van der Waals surface area contributed by atoms with Gasteiger partial charge >= 0.3 is 5.63 Å². The first-order valence-corrected chi connectivity index (χ1v) is 8.53. The summed E-state index contributed by atoms with van der Waals surface area (Å²) in [6.07, 6.45) is 3.26. The molecule has 3 heterocycles. The first-order chi connectivity index (χ1) is 13.7. The maximum absolute atomic E-state index is 13.4. The second-order valence-corrected chi connectivity index (χ2v) is 6.18. The van der Waals surface area contributed by atoms with Crippen LogP contribution in [-0.2, 0) is 0 Å². The fourth-order valence-electron chi connectivity index (χ4n) is 3.21. The molecule has 28 heavy (non-hydrogen) atoms. The van der Waals surface area contributed by atoms with Gasteiger partial charge in [0.1, 0.15) is 11.5 Å². The molecular weight excluding hydrogens is 363 g/mol. The minimum atomic E-state index is -0.531. The SMILES string of the molecule is O=c1on(-c2ccc3c(c2)OCO3)c(-c2ccncc2)c1-c1ccc(F)cc1. The number of rotatable bonds is 3. The molecule has 0 spiro atoms. The Labute approximate surface area is 158 Å². The highest BCUT2D eigenvalue weighted by molar-refractivity contribution is 5.81. The topological polar surface area (TPSA) is 66.5 Å².